The molecule has 1 aromatic heterocycles. The number of aromatic nitrogens is 1. The molecule has 0 bridgehead atoms. The molecule has 0 spiro atoms. The van der Waals surface area contributed by atoms with Crippen molar-refractivity contribution in [2.24, 2.45) is 0 Å². The number of likely N-dealkylation sites (N-methyl/N-ethyl adjacent to an activating group) is 1. The van der Waals surface area contributed by atoms with E-state index in [1.54, 1.807) is 42.6 Å². The summed E-state index contributed by atoms with van der Waals surface area (Å²) in [4.78, 5) is 18.9. The summed E-state index contributed by atoms with van der Waals surface area (Å²) in [5.41, 5.74) is 1.93. The van der Waals surface area contributed by atoms with Gasteiger partial charge in [0.2, 0.25) is 5.91 Å². The Morgan fingerprint density at radius 2 is 1.93 bits per heavy atom. The number of hydrogen-bond acceptors (Lipinski definition) is 5. The van der Waals surface area contributed by atoms with Gasteiger partial charge in [0.15, 0.2) is 11.5 Å². The van der Waals surface area contributed by atoms with Crippen LogP contribution in [0, 0.1) is 0 Å². The molecule has 0 aliphatic heterocycles. The third kappa shape index (κ3) is 4.46. The summed E-state index contributed by atoms with van der Waals surface area (Å²) in [7, 11) is 3.21. The molecule has 0 saturated carbocycles. The van der Waals surface area contributed by atoms with Crippen LogP contribution in [0.2, 0.25) is 0 Å². The van der Waals surface area contributed by atoms with Gasteiger partial charge in [-0.1, -0.05) is 18.2 Å². The molecule has 140 valence electrons. The van der Waals surface area contributed by atoms with Crippen LogP contribution in [-0.2, 0) is 11.3 Å². The van der Waals surface area contributed by atoms with Crippen LogP contribution in [0.5, 0.6) is 11.5 Å². The van der Waals surface area contributed by atoms with E-state index >= 15 is 0 Å². The zero-order chi connectivity index (χ0) is 19.2. The van der Waals surface area contributed by atoms with Gasteiger partial charge in [-0.05, 0) is 42.8 Å². The Hall–Kier alpha value is -2.86. The number of amides is 1. The summed E-state index contributed by atoms with van der Waals surface area (Å²) in [5, 5.41) is 0.826. The second-order valence-electron chi connectivity index (χ2n) is 5.89. The van der Waals surface area contributed by atoms with Crippen molar-refractivity contribution in [1.29, 1.82) is 0 Å². The number of para-hydroxylation sites is 1. The summed E-state index contributed by atoms with van der Waals surface area (Å²) >= 11 is 1.57. The average Bonchev–Trinajstić information content (AvgIpc) is 3.13. The van der Waals surface area contributed by atoms with Crippen LogP contribution in [0.25, 0.3) is 16.3 Å². The van der Waals surface area contributed by atoms with Crippen LogP contribution < -0.4 is 9.47 Å². The fourth-order valence-corrected chi connectivity index (χ4v) is 3.62. The van der Waals surface area contributed by atoms with Crippen molar-refractivity contribution in [3.05, 3.63) is 59.1 Å². The number of benzene rings is 2. The molecule has 0 N–H and O–H groups in total. The summed E-state index contributed by atoms with van der Waals surface area (Å²) in [6.07, 6.45) is 3.37. The Labute approximate surface area is 162 Å². The van der Waals surface area contributed by atoms with E-state index in [2.05, 4.69) is 4.98 Å². The molecule has 3 aromatic rings. The Balaban J connectivity index is 1.72. The molecule has 27 heavy (non-hydrogen) atoms. The van der Waals surface area contributed by atoms with Crippen LogP contribution in [-0.4, -0.2) is 36.6 Å². The maximum absolute atomic E-state index is 12.6. The molecule has 0 fully saturated rings. The number of carbonyl (C=O) groups is 1. The monoisotopic (exact) mass is 382 g/mol. The third-order valence-electron chi connectivity index (χ3n) is 4.19. The highest BCUT2D eigenvalue weighted by Gasteiger charge is 2.12. The van der Waals surface area contributed by atoms with Gasteiger partial charge in [0.1, 0.15) is 5.01 Å². The van der Waals surface area contributed by atoms with Crippen molar-refractivity contribution >= 4 is 33.5 Å². The predicted molar refractivity (Wildman–Crippen MR) is 109 cm³/mol. The van der Waals surface area contributed by atoms with Crippen LogP contribution >= 0.6 is 11.3 Å². The van der Waals surface area contributed by atoms with Crippen molar-refractivity contribution in [1.82, 2.24) is 9.88 Å². The number of thiazole rings is 1. The van der Waals surface area contributed by atoms with Gasteiger partial charge in [-0.3, -0.25) is 4.79 Å². The second-order valence-corrected chi connectivity index (χ2v) is 6.96. The number of rotatable bonds is 7. The van der Waals surface area contributed by atoms with Crippen LogP contribution in [0.4, 0.5) is 0 Å². The van der Waals surface area contributed by atoms with Gasteiger partial charge in [-0.2, -0.15) is 0 Å². The van der Waals surface area contributed by atoms with Crippen LogP contribution in [0.3, 0.4) is 0 Å². The van der Waals surface area contributed by atoms with E-state index in [1.807, 2.05) is 49.4 Å². The van der Waals surface area contributed by atoms with Crippen molar-refractivity contribution in [2.45, 2.75) is 13.5 Å². The summed E-state index contributed by atoms with van der Waals surface area (Å²) in [6.45, 7) is 3.07. The minimum Gasteiger partial charge on any atom is -0.493 e. The van der Waals surface area contributed by atoms with Crippen LogP contribution in [0.1, 0.15) is 17.5 Å². The molecule has 0 saturated heterocycles. The van der Waals surface area contributed by atoms with Gasteiger partial charge in [0.25, 0.3) is 0 Å². The first kappa shape index (κ1) is 18.9. The Kier molecular flexibility index (Phi) is 6.08. The highest BCUT2D eigenvalue weighted by molar-refractivity contribution is 7.19. The van der Waals surface area contributed by atoms with Crippen LogP contribution in [0.15, 0.2) is 48.5 Å². The Bertz CT molecular complexity index is 932. The van der Waals surface area contributed by atoms with E-state index in [-0.39, 0.29) is 5.91 Å². The number of hydrogen-bond donors (Lipinski definition) is 0. The number of methoxy groups -OCH3 is 2. The zero-order valence-corrected chi connectivity index (χ0v) is 16.5. The third-order valence-corrected chi connectivity index (χ3v) is 5.20. The number of fused-ring (bicyclic) bond motifs is 1. The molecular weight excluding hydrogens is 360 g/mol. The molecule has 0 radical (unpaired) electrons. The summed E-state index contributed by atoms with van der Waals surface area (Å²) in [6, 6.07) is 13.6. The van der Waals surface area contributed by atoms with E-state index in [0.717, 1.165) is 20.8 Å². The normalized spacial score (nSPS) is 11.1. The first-order chi connectivity index (χ1) is 13.1. The molecule has 0 unspecified atom stereocenters. The van der Waals surface area contributed by atoms with Crippen molar-refractivity contribution in [3.8, 4) is 11.5 Å². The fraction of sp³-hybridized carbons (Fsp3) is 0.238. The van der Waals surface area contributed by atoms with E-state index < -0.39 is 0 Å². The lowest BCUT2D eigenvalue weighted by Gasteiger charge is -2.20. The maximum Gasteiger partial charge on any atom is 0.246 e. The van der Waals surface area contributed by atoms with E-state index in [1.165, 1.54) is 0 Å². The number of ether oxygens (including phenoxy) is 2. The standard InChI is InChI=1S/C21H22N2O3S/c1-4-23(14-15-9-10-17(25-2)18(13-15)26-3)21(24)12-11-20-22-16-7-5-6-8-19(16)27-20/h5-13H,4,14H2,1-3H3/b12-11+. The molecule has 2 aromatic carbocycles. The number of carbonyl (C=O) groups excluding carboxylic acids is 1. The minimum atomic E-state index is -0.0495. The number of nitrogens with zero attached hydrogens (tertiary/aromatic N) is 2. The molecule has 1 heterocycles. The smallest absolute Gasteiger partial charge is 0.246 e. The van der Waals surface area contributed by atoms with Gasteiger partial charge in [0, 0.05) is 19.2 Å². The first-order valence-electron chi connectivity index (χ1n) is 8.68. The summed E-state index contributed by atoms with van der Waals surface area (Å²) in [5.74, 6) is 1.28. The largest absolute Gasteiger partial charge is 0.493 e. The molecular formula is C21H22N2O3S. The highest BCUT2D eigenvalue weighted by atomic mass is 32.1. The van der Waals surface area contributed by atoms with E-state index in [4.69, 9.17) is 9.47 Å². The lowest BCUT2D eigenvalue weighted by atomic mass is 10.2. The Morgan fingerprint density at radius 1 is 1.15 bits per heavy atom. The van der Waals surface area contributed by atoms with Gasteiger partial charge >= 0.3 is 0 Å². The average molecular weight is 382 g/mol. The SMILES string of the molecule is CCN(Cc1ccc(OC)c(OC)c1)C(=O)/C=C/c1nc2ccccc2s1. The summed E-state index contributed by atoms with van der Waals surface area (Å²) < 4.78 is 11.7. The molecule has 0 aliphatic rings. The van der Waals surface area contributed by atoms with Gasteiger partial charge in [-0.25, -0.2) is 4.98 Å². The maximum atomic E-state index is 12.6. The molecule has 6 heteroatoms. The van der Waals surface area contributed by atoms with Gasteiger partial charge in [0.05, 0.1) is 24.4 Å². The van der Waals surface area contributed by atoms with E-state index in [0.29, 0.717) is 24.6 Å². The lowest BCUT2D eigenvalue weighted by Crippen LogP contribution is -2.28. The quantitative estimate of drug-likeness (QED) is 0.569. The van der Waals surface area contributed by atoms with Crippen molar-refractivity contribution < 1.29 is 14.3 Å². The van der Waals surface area contributed by atoms with Crippen molar-refractivity contribution in [3.63, 3.8) is 0 Å². The van der Waals surface area contributed by atoms with Gasteiger partial charge in [-0.15, -0.1) is 11.3 Å². The van der Waals surface area contributed by atoms with Crippen molar-refractivity contribution in [2.75, 3.05) is 20.8 Å². The molecule has 5 nitrogen and oxygen atoms in total. The molecule has 3 rings (SSSR count). The minimum absolute atomic E-state index is 0.0495. The lowest BCUT2D eigenvalue weighted by molar-refractivity contribution is -0.126. The predicted octanol–water partition coefficient (Wildman–Crippen LogP) is 4.38. The van der Waals surface area contributed by atoms with Gasteiger partial charge < -0.3 is 14.4 Å². The Morgan fingerprint density at radius 3 is 2.63 bits per heavy atom. The molecule has 0 atom stereocenters. The fourth-order valence-electron chi connectivity index (χ4n) is 2.75. The molecule has 1 amide bonds. The zero-order valence-electron chi connectivity index (χ0n) is 15.6. The second kappa shape index (κ2) is 8.68. The molecule has 0 aliphatic carbocycles. The highest BCUT2D eigenvalue weighted by Crippen LogP contribution is 2.28. The van der Waals surface area contributed by atoms with E-state index in [9.17, 15) is 4.79 Å². The topological polar surface area (TPSA) is 51.7 Å². The first-order valence-corrected chi connectivity index (χ1v) is 9.49.